The van der Waals surface area contributed by atoms with E-state index in [1.165, 1.54) is 59.1 Å². The third-order valence-corrected chi connectivity index (χ3v) is 4.11. The molecule has 0 spiro atoms. The van der Waals surface area contributed by atoms with Gasteiger partial charge in [0.25, 0.3) is 0 Å². The molecule has 0 unspecified atom stereocenters. The monoisotopic (exact) mass is 430 g/mol. The Morgan fingerprint density at radius 3 is 1.09 bits per heavy atom. The fraction of sp³-hybridized carbons (Fsp3) is 0.500. The molecular formula is C20H30Cl2Zr. The molecule has 0 saturated carbocycles. The second-order valence-electron chi connectivity index (χ2n) is 5.56. The van der Waals surface area contributed by atoms with Gasteiger partial charge in [0.15, 0.2) is 0 Å². The van der Waals surface area contributed by atoms with Crippen LogP contribution in [-0.2, 0) is 51.9 Å². The zero-order valence-electron chi connectivity index (χ0n) is 15.4. The number of aryl methyl sites for hydroxylation is 6. The SMILES string of the molecule is CCc1cc(CC)[c-](C)c1.CCc1cc(CC)[c-](C)c1.[Cl-].[Cl-].[Zr+4]. The third kappa shape index (κ3) is 8.71. The van der Waals surface area contributed by atoms with Crippen molar-refractivity contribution in [1.29, 1.82) is 0 Å². The Morgan fingerprint density at radius 1 is 0.652 bits per heavy atom. The molecule has 0 fully saturated rings. The van der Waals surface area contributed by atoms with Crippen LogP contribution in [0.1, 0.15) is 61.1 Å². The van der Waals surface area contributed by atoms with E-state index in [9.17, 15) is 0 Å². The molecule has 2 aromatic carbocycles. The summed E-state index contributed by atoms with van der Waals surface area (Å²) in [5, 5.41) is 0. The molecule has 0 radical (unpaired) electrons. The van der Waals surface area contributed by atoms with Gasteiger partial charge < -0.3 is 24.8 Å². The van der Waals surface area contributed by atoms with E-state index in [-0.39, 0.29) is 51.0 Å². The van der Waals surface area contributed by atoms with Gasteiger partial charge in [0.2, 0.25) is 0 Å². The van der Waals surface area contributed by atoms with E-state index in [2.05, 4.69) is 65.8 Å². The summed E-state index contributed by atoms with van der Waals surface area (Å²) in [5.74, 6) is 0. The molecule has 0 saturated heterocycles. The number of rotatable bonds is 4. The average molecular weight is 433 g/mol. The summed E-state index contributed by atoms with van der Waals surface area (Å²) >= 11 is 0. The van der Waals surface area contributed by atoms with Crippen molar-refractivity contribution < 1.29 is 51.0 Å². The van der Waals surface area contributed by atoms with E-state index < -0.39 is 0 Å². The van der Waals surface area contributed by atoms with Crippen molar-refractivity contribution in [3.05, 3.63) is 57.6 Å². The van der Waals surface area contributed by atoms with Crippen LogP contribution in [0.5, 0.6) is 0 Å². The van der Waals surface area contributed by atoms with Gasteiger partial charge in [0, 0.05) is 0 Å². The maximum atomic E-state index is 2.31. The smallest absolute Gasteiger partial charge is 1.00 e. The summed E-state index contributed by atoms with van der Waals surface area (Å²) in [7, 11) is 0. The van der Waals surface area contributed by atoms with Crippen molar-refractivity contribution in [2.45, 2.75) is 67.2 Å². The summed E-state index contributed by atoms with van der Waals surface area (Å²) in [6.45, 7) is 13.2. The molecular weight excluding hydrogens is 402 g/mol. The quantitative estimate of drug-likeness (QED) is 0.582. The van der Waals surface area contributed by atoms with Crippen molar-refractivity contribution in [1.82, 2.24) is 0 Å². The first-order valence-electron chi connectivity index (χ1n) is 8.05. The van der Waals surface area contributed by atoms with E-state index in [0.717, 1.165) is 0 Å². The molecule has 0 amide bonds. The normalized spacial score (nSPS) is 8.96. The Balaban J connectivity index is -0.000000308. The fourth-order valence-corrected chi connectivity index (χ4v) is 2.67. The molecule has 0 bridgehead atoms. The maximum Gasteiger partial charge on any atom is 4.00 e. The molecule has 128 valence electrons. The number of halogens is 2. The fourth-order valence-electron chi connectivity index (χ4n) is 2.67. The molecule has 2 aromatic rings. The van der Waals surface area contributed by atoms with Gasteiger partial charge in [-0.15, -0.1) is 0 Å². The van der Waals surface area contributed by atoms with Crippen molar-refractivity contribution in [3.63, 3.8) is 0 Å². The van der Waals surface area contributed by atoms with Crippen LogP contribution >= 0.6 is 0 Å². The molecule has 0 nitrogen and oxygen atoms in total. The van der Waals surface area contributed by atoms with Gasteiger partial charge in [-0.1, -0.05) is 67.2 Å². The maximum absolute atomic E-state index is 2.31. The zero-order valence-corrected chi connectivity index (χ0v) is 19.4. The van der Waals surface area contributed by atoms with Gasteiger partial charge in [-0.3, -0.25) is 0 Å². The standard InChI is InChI=1S/2C10H15.2ClH.Zr/c2*1-4-9-6-8(3)10(5-2)7-9;;;/h2*6-7H,4-5H2,1-3H3;2*1H;/q2*-1;;;+4/p-2. The van der Waals surface area contributed by atoms with E-state index in [1.807, 2.05) is 0 Å². The first-order valence-corrected chi connectivity index (χ1v) is 8.05. The average Bonchev–Trinajstić information content (AvgIpc) is 3.01. The van der Waals surface area contributed by atoms with Gasteiger partial charge in [-0.25, -0.2) is 12.1 Å². The Hall–Kier alpha value is 0.163. The Bertz CT molecular complexity index is 475. The second kappa shape index (κ2) is 14.5. The van der Waals surface area contributed by atoms with Gasteiger partial charge in [-0.05, 0) is 0 Å². The van der Waals surface area contributed by atoms with E-state index in [0.29, 0.717) is 0 Å². The summed E-state index contributed by atoms with van der Waals surface area (Å²) in [4.78, 5) is 0. The van der Waals surface area contributed by atoms with Crippen molar-refractivity contribution in [2.24, 2.45) is 0 Å². The Morgan fingerprint density at radius 2 is 0.957 bits per heavy atom. The molecule has 0 N–H and O–H groups in total. The van der Waals surface area contributed by atoms with Gasteiger partial charge in [-0.2, -0.15) is 45.5 Å². The third-order valence-electron chi connectivity index (χ3n) is 4.11. The van der Waals surface area contributed by atoms with Gasteiger partial charge in [0.1, 0.15) is 0 Å². The van der Waals surface area contributed by atoms with Crippen LogP contribution in [-0.4, -0.2) is 0 Å². The second-order valence-corrected chi connectivity index (χ2v) is 5.56. The summed E-state index contributed by atoms with van der Waals surface area (Å²) in [6, 6.07) is 9.21. The summed E-state index contributed by atoms with van der Waals surface area (Å²) in [6.07, 6.45) is 4.68. The minimum atomic E-state index is 0. The molecule has 23 heavy (non-hydrogen) atoms. The minimum absolute atomic E-state index is 0. The molecule has 0 atom stereocenters. The van der Waals surface area contributed by atoms with Crippen LogP contribution in [0.4, 0.5) is 0 Å². The van der Waals surface area contributed by atoms with Crippen molar-refractivity contribution in [2.75, 3.05) is 0 Å². The van der Waals surface area contributed by atoms with Crippen LogP contribution in [0.25, 0.3) is 0 Å². The first-order chi connectivity index (χ1) is 9.55. The zero-order chi connectivity index (χ0) is 15.1. The van der Waals surface area contributed by atoms with E-state index in [4.69, 9.17) is 0 Å². The van der Waals surface area contributed by atoms with Crippen molar-refractivity contribution in [3.8, 4) is 0 Å². The van der Waals surface area contributed by atoms with Crippen LogP contribution in [0, 0.1) is 13.8 Å². The van der Waals surface area contributed by atoms with Crippen molar-refractivity contribution >= 4 is 0 Å². The molecule has 0 aliphatic heterocycles. The Labute approximate surface area is 175 Å². The number of hydrogen-bond acceptors (Lipinski definition) is 0. The van der Waals surface area contributed by atoms with Gasteiger partial charge in [0.05, 0.1) is 0 Å². The van der Waals surface area contributed by atoms with Crippen LogP contribution in [0.2, 0.25) is 0 Å². The largest absolute Gasteiger partial charge is 4.00 e. The molecule has 0 aliphatic carbocycles. The van der Waals surface area contributed by atoms with Gasteiger partial charge >= 0.3 is 26.2 Å². The minimum Gasteiger partial charge on any atom is -1.00 e. The molecule has 0 aliphatic rings. The first kappa shape index (κ1) is 28.0. The van der Waals surface area contributed by atoms with Crippen LogP contribution < -0.4 is 24.8 Å². The van der Waals surface area contributed by atoms with E-state index in [1.54, 1.807) is 0 Å². The summed E-state index contributed by atoms with van der Waals surface area (Å²) < 4.78 is 0. The Kier molecular flexibility index (Phi) is 17.6. The molecule has 0 aromatic heterocycles. The molecule has 2 rings (SSSR count). The molecule has 0 heterocycles. The summed E-state index contributed by atoms with van der Waals surface area (Å²) in [5.41, 5.74) is 8.90. The van der Waals surface area contributed by atoms with Crippen LogP contribution in [0.15, 0.2) is 24.3 Å². The molecule has 3 heteroatoms. The van der Waals surface area contributed by atoms with E-state index >= 15 is 0 Å². The number of hydrogen-bond donors (Lipinski definition) is 0. The predicted molar refractivity (Wildman–Crippen MR) is 91.1 cm³/mol. The topological polar surface area (TPSA) is 0 Å². The van der Waals surface area contributed by atoms with Crippen LogP contribution in [0.3, 0.4) is 0 Å². The predicted octanol–water partition coefficient (Wildman–Crippen LogP) is -0.317.